The zero-order valence-electron chi connectivity index (χ0n) is 16.3. The van der Waals surface area contributed by atoms with Crippen LogP contribution in [0.1, 0.15) is 77.5 Å². The first-order valence-electron chi connectivity index (χ1n) is 9.97. The van der Waals surface area contributed by atoms with Crippen LogP contribution >= 0.6 is 0 Å². The Morgan fingerprint density at radius 1 is 1.28 bits per heavy atom. The first-order valence-corrected chi connectivity index (χ1v) is 9.97. The summed E-state index contributed by atoms with van der Waals surface area (Å²) in [5.74, 6) is 2.96. The standard InChI is InChI=1S/C22H32O3/c1-13-15-7-10-24-17(15)11-16-20(13)18(25-14(2)23)12-19-21(3,4)8-6-9-22(16,19)5/h7,10,13,16,18-20H,6,8-9,11-12H2,1-5H3/t13-,16-,18-,19-,20-,22+/m0/s1. The molecule has 2 saturated carbocycles. The van der Waals surface area contributed by atoms with Crippen LogP contribution < -0.4 is 0 Å². The van der Waals surface area contributed by atoms with E-state index in [1.165, 1.54) is 30.6 Å². The van der Waals surface area contributed by atoms with E-state index in [9.17, 15) is 4.79 Å². The predicted octanol–water partition coefficient (Wildman–Crippen LogP) is 5.34. The highest BCUT2D eigenvalue weighted by molar-refractivity contribution is 5.66. The summed E-state index contributed by atoms with van der Waals surface area (Å²) in [6.45, 7) is 11.2. The summed E-state index contributed by atoms with van der Waals surface area (Å²) in [6.07, 6.45) is 7.76. The lowest BCUT2D eigenvalue weighted by molar-refractivity contribution is -0.181. The minimum absolute atomic E-state index is 0.0380. The van der Waals surface area contributed by atoms with E-state index in [0.717, 1.165) is 12.8 Å². The third-order valence-corrected chi connectivity index (χ3v) is 8.06. The molecule has 0 radical (unpaired) electrons. The van der Waals surface area contributed by atoms with Gasteiger partial charge < -0.3 is 9.15 Å². The highest BCUT2D eigenvalue weighted by Crippen LogP contribution is 2.65. The summed E-state index contributed by atoms with van der Waals surface area (Å²) in [7, 11) is 0. The number of hydrogen-bond donors (Lipinski definition) is 0. The Kier molecular flexibility index (Phi) is 3.86. The third-order valence-electron chi connectivity index (χ3n) is 8.06. The Morgan fingerprint density at radius 2 is 2.04 bits per heavy atom. The maximum atomic E-state index is 11.8. The van der Waals surface area contributed by atoms with Crippen LogP contribution in [0, 0.1) is 28.6 Å². The average Bonchev–Trinajstić information content (AvgIpc) is 2.97. The molecule has 3 heteroatoms. The van der Waals surface area contributed by atoms with Gasteiger partial charge in [-0.3, -0.25) is 4.79 Å². The largest absolute Gasteiger partial charge is 0.469 e. The molecule has 25 heavy (non-hydrogen) atoms. The van der Waals surface area contributed by atoms with Crippen LogP contribution in [0.4, 0.5) is 0 Å². The van der Waals surface area contributed by atoms with Crippen molar-refractivity contribution < 1.29 is 13.9 Å². The van der Waals surface area contributed by atoms with Crippen LogP contribution in [-0.4, -0.2) is 12.1 Å². The highest BCUT2D eigenvalue weighted by atomic mass is 16.5. The molecule has 2 fully saturated rings. The molecule has 0 aromatic carbocycles. The van der Waals surface area contributed by atoms with Crippen molar-refractivity contribution in [3.8, 4) is 0 Å². The quantitative estimate of drug-likeness (QED) is 0.646. The van der Waals surface area contributed by atoms with Gasteiger partial charge >= 0.3 is 5.97 Å². The molecule has 0 bridgehead atoms. The van der Waals surface area contributed by atoms with Gasteiger partial charge in [0.25, 0.3) is 0 Å². The summed E-state index contributed by atoms with van der Waals surface area (Å²) in [6, 6.07) is 2.13. The lowest BCUT2D eigenvalue weighted by Gasteiger charge is -2.62. The van der Waals surface area contributed by atoms with E-state index in [0.29, 0.717) is 34.5 Å². The number of fused-ring (bicyclic) bond motifs is 4. The second kappa shape index (κ2) is 5.62. The fourth-order valence-electron chi connectivity index (χ4n) is 6.99. The molecule has 138 valence electrons. The Bertz CT molecular complexity index is 673. The van der Waals surface area contributed by atoms with Gasteiger partial charge in [-0.25, -0.2) is 0 Å². The number of carbonyl (C=O) groups excluding carboxylic acids is 1. The Balaban J connectivity index is 1.80. The number of esters is 1. The van der Waals surface area contributed by atoms with Crippen LogP contribution in [0.3, 0.4) is 0 Å². The van der Waals surface area contributed by atoms with Crippen molar-refractivity contribution >= 4 is 5.97 Å². The molecule has 6 atom stereocenters. The van der Waals surface area contributed by atoms with E-state index < -0.39 is 0 Å². The Hall–Kier alpha value is -1.25. The molecule has 0 unspecified atom stereocenters. The van der Waals surface area contributed by atoms with Crippen molar-refractivity contribution in [2.75, 3.05) is 0 Å². The Labute approximate surface area is 151 Å². The first kappa shape index (κ1) is 17.2. The molecule has 1 heterocycles. The van der Waals surface area contributed by atoms with E-state index in [1.807, 2.05) is 6.26 Å². The fourth-order valence-corrected chi connectivity index (χ4v) is 6.99. The van der Waals surface area contributed by atoms with Gasteiger partial charge in [0.1, 0.15) is 11.9 Å². The number of rotatable bonds is 1. The van der Waals surface area contributed by atoms with Crippen molar-refractivity contribution in [1.82, 2.24) is 0 Å². The average molecular weight is 344 g/mol. The SMILES string of the molecule is CC(=O)O[C@H]1C[C@H]2C(C)(C)CCC[C@]2(C)[C@H]2Cc3occc3[C@H](C)[C@H]12. The van der Waals surface area contributed by atoms with Crippen LogP contribution in [0.25, 0.3) is 0 Å². The maximum absolute atomic E-state index is 11.8. The van der Waals surface area contributed by atoms with Crippen LogP contribution in [0.15, 0.2) is 16.7 Å². The fraction of sp³-hybridized carbons (Fsp3) is 0.773. The van der Waals surface area contributed by atoms with Gasteiger partial charge in [-0.05, 0) is 59.5 Å². The molecule has 3 aliphatic rings. The number of ether oxygens (including phenoxy) is 1. The van der Waals surface area contributed by atoms with Gasteiger partial charge in [-0.2, -0.15) is 0 Å². The molecule has 0 spiro atoms. The first-order chi connectivity index (χ1) is 11.7. The second-order valence-corrected chi connectivity index (χ2v) is 9.76. The number of hydrogen-bond acceptors (Lipinski definition) is 3. The molecule has 0 aliphatic heterocycles. The van der Waals surface area contributed by atoms with Crippen LogP contribution in [-0.2, 0) is 16.0 Å². The van der Waals surface area contributed by atoms with Gasteiger partial charge in [0, 0.05) is 19.3 Å². The van der Waals surface area contributed by atoms with E-state index in [-0.39, 0.29) is 12.1 Å². The van der Waals surface area contributed by atoms with Crippen molar-refractivity contribution in [3.63, 3.8) is 0 Å². The molecule has 0 amide bonds. The minimum atomic E-state index is -0.133. The molecular formula is C22H32O3. The van der Waals surface area contributed by atoms with E-state index in [1.54, 1.807) is 6.92 Å². The second-order valence-electron chi connectivity index (χ2n) is 9.76. The molecule has 0 N–H and O–H groups in total. The van der Waals surface area contributed by atoms with Crippen LogP contribution in [0.2, 0.25) is 0 Å². The smallest absolute Gasteiger partial charge is 0.302 e. The zero-order chi connectivity index (χ0) is 18.0. The lowest BCUT2D eigenvalue weighted by atomic mass is 9.43. The number of furan rings is 1. The minimum Gasteiger partial charge on any atom is -0.469 e. The van der Waals surface area contributed by atoms with Gasteiger partial charge in [-0.15, -0.1) is 0 Å². The number of carbonyl (C=O) groups is 1. The monoisotopic (exact) mass is 344 g/mol. The highest BCUT2D eigenvalue weighted by Gasteiger charge is 2.60. The summed E-state index contributed by atoms with van der Waals surface area (Å²) in [5, 5.41) is 0. The van der Waals surface area contributed by atoms with E-state index in [2.05, 4.69) is 33.8 Å². The predicted molar refractivity (Wildman–Crippen MR) is 97.2 cm³/mol. The van der Waals surface area contributed by atoms with Crippen LogP contribution in [0.5, 0.6) is 0 Å². The summed E-state index contributed by atoms with van der Waals surface area (Å²) in [4.78, 5) is 11.8. The molecule has 4 rings (SSSR count). The normalized spacial score (nSPS) is 42.0. The van der Waals surface area contributed by atoms with Gasteiger partial charge in [0.05, 0.1) is 6.26 Å². The summed E-state index contributed by atoms with van der Waals surface area (Å²) >= 11 is 0. The molecule has 1 aromatic heterocycles. The van der Waals surface area contributed by atoms with Gasteiger partial charge in [0.2, 0.25) is 0 Å². The summed E-state index contributed by atoms with van der Waals surface area (Å²) in [5.41, 5.74) is 1.95. The molecule has 3 nitrogen and oxygen atoms in total. The Morgan fingerprint density at radius 3 is 2.76 bits per heavy atom. The lowest BCUT2D eigenvalue weighted by Crippen LogP contribution is -2.59. The van der Waals surface area contributed by atoms with Crippen molar-refractivity contribution in [2.45, 2.75) is 78.7 Å². The summed E-state index contributed by atoms with van der Waals surface area (Å²) < 4.78 is 11.8. The maximum Gasteiger partial charge on any atom is 0.302 e. The topological polar surface area (TPSA) is 39.4 Å². The van der Waals surface area contributed by atoms with Crippen molar-refractivity contribution in [3.05, 3.63) is 23.7 Å². The van der Waals surface area contributed by atoms with E-state index >= 15 is 0 Å². The molecule has 1 aromatic rings. The molecular weight excluding hydrogens is 312 g/mol. The van der Waals surface area contributed by atoms with Gasteiger partial charge in [0.15, 0.2) is 0 Å². The molecule has 0 saturated heterocycles. The third kappa shape index (κ3) is 2.49. The van der Waals surface area contributed by atoms with Crippen molar-refractivity contribution in [2.24, 2.45) is 28.6 Å². The van der Waals surface area contributed by atoms with E-state index in [4.69, 9.17) is 9.15 Å². The van der Waals surface area contributed by atoms with Gasteiger partial charge in [-0.1, -0.05) is 34.1 Å². The van der Waals surface area contributed by atoms with Crippen molar-refractivity contribution in [1.29, 1.82) is 0 Å². The molecule has 3 aliphatic carbocycles. The zero-order valence-corrected chi connectivity index (χ0v) is 16.3.